The van der Waals surface area contributed by atoms with Crippen LogP contribution in [0, 0.1) is 0 Å². The molecule has 0 unspecified atom stereocenters. The fourth-order valence-corrected chi connectivity index (χ4v) is 4.71. The fourth-order valence-electron chi connectivity index (χ4n) is 2.30. The molecule has 0 radical (unpaired) electrons. The standard InChI is InChI=1S/C19H23OP/c1-19(2,3)21(20,18-14-8-5-9-15-18)16-10-13-17-11-6-4-7-12-17/h4-12,14-16H,13H2,1-3H3/b16-10+/t21-/m0/s1. The molecule has 0 aliphatic rings. The van der Waals surface area contributed by atoms with E-state index in [1.165, 1.54) is 5.56 Å². The van der Waals surface area contributed by atoms with Crippen molar-refractivity contribution >= 4 is 12.4 Å². The average molecular weight is 298 g/mol. The van der Waals surface area contributed by atoms with E-state index < -0.39 is 7.14 Å². The summed E-state index contributed by atoms with van der Waals surface area (Å²) < 4.78 is 13.5. The Labute approximate surface area is 128 Å². The minimum absolute atomic E-state index is 0.276. The number of benzene rings is 2. The molecular weight excluding hydrogens is 275 g/mol. The van der Waals surface area contributed by atoms with E-state index in [1.807, 2.05) is 81.2 Å². The zero-order chi connectivity index (χ0) is 15.3. The lowest BCUT2D eigenvalue weighted by Crippen LogP contribution is -2.21. The molecule has 0 saturated heterocycles. The van der Waals surface area contributed by atoms with Gasteiger partial charge in [-0.3, -0.25) is 0 Å². The van der Waals surface area contributed by atoms with Crippen LogP contribution in [0.3, 0.4) is 0 Å². The molecule has 0 spiro atoms. The Morgan fingerprint density at radius 1 is 0.905 bits per heavy atom. The van der Waals surface area contributed by atoms with Crippen molar-refractivity contribution in [3.63, 3.8) is 0 Å². The van der Waals surface area contributed by atoms with E-state index in [2.05, 4.69) is 12.1 Å². The lowest BCUT2D eigenvalue weighted by Gasteiger charge is -2.29. The largest absolute Gasteiger partial charge is 0.314 e. The van der Waals surface area contributed by atoms with Crippen LogP contribution in [0.25, 0.3) is 0 Å². The van der Waals surface area contributed by atoms with Crippen molar-refractivity contribution < 1.29 is 4.57 Å². The topological polar surface area (TPSA) is 17.1 Å². The molecule has 2 aromatic rings. The predicted octanol–water partition coefficient (Wildman–Crippen LogP) is 5.23. The van der Waals surface area contributed by atoms with Gasteiger partial charge >= 0.3 is 0 Å². The van der Waals surface area contributed by atoms with Crippen molar-refractivity contribution in [1.82, 2.24) is 0 Å². The highest BCUT2D eigenvalue weighted by molar-refractivity contribution is 7.75. The normalized spacial score (nSPS) is 15.0. The van der Waals surface area contributed by atoms with E-state index in [0.717, 1.165) is 11.7 Å². The second kappa shape index (κ2) is 6.45. The van der Waals surface area contributed by atoms with Gasteiger partial charge in [0.15, 0.2) is 0 Å². The van der Waals surface area contributed by atoms with Gasteiger partial charge in [-0.25, -0.2) is 0 Å². The summed E-state index contributed by atoms with van der Waals surface area (Å²) in [5, 5.41) is 0.656. The molecule has 0 saturated carbocycles. The van der Waals surface area contributed by atoms with Crippen LogP contribution in [-0.2, 0) is 11.0 Å². The molecule has 2 rings (SSSR count). The maximum atomic E-state index is 13.5. The first-order valence-electron chi connectivity index (χ1n) is 7.30. The summed E-state index contributed by atoms with van der Waals surface area (Å²) in [5.74, 6) is 1.94. The van der Waals surface area contributed by atoms with Crippen LogP contribution in [0.4, 0.5) is 0 Å². The van der Waals surface area contributed by atoms with Gasteiger partial charge in [0.1, 0.15) is 7.14 Å². The van der Waals surface area contributed by atoms with Gasteiger partial charge in [0.2, 0.25) is 0 Å². The summed E-state index contributed by atoms with van der Waals surface area (Å²) in [7, 11) is -2.57. The van der Waals surface area contributed by atoms with E-state index in [9.17, 15) is 4.57 Å². The molecular formula is C19H23OP. The van der Waals surface area contributed by atoms with Gasteiger partial charge in [0, 0.05) is 10.5 Å². The fraction of sp³-hybridized carbons (Fsp3) is 0.263. The smallest absolute Gasteiger partial charge is 0.141 e. The van der Waals surface area contributed by atoms with Gasteiger partial charge in [0.05, 0.1) is 0 Å². The zero-order valence-corrected chi connectivity index (χ0v) is 13.9. The molecule has 110 valence electrons. The molecule has 21 heavy (non-hydrogen) atoms. The van der Waals surface area contributed by atoms with Gasteiger partial charge in [-0.1, -0.05) is 87.5 Å². The van der Waals surface area contributed by atoms with Crippen molar-refractivity contribution in [2.24, 2.45) is 0 Å². The molecule has 1 atom stereocenters. The van der Waals surface area contributed by atoms with E-state index in [-0.39, 0.29) is 5.16 Å². The van der Waals surface area contributed by atoms with E-state index in [0.29, 0.717) is 0 Å². The average Bonchev–Trinajstić information content (AvgIpc) is 2.48. The molecule has 0 aliphatic carbocycles. The molecule has 2 heteroatoms. The van der Waals surface area contributed by atoms with Crippen LogP contribution in [0.15, 0.2) is 72.6 Å². The zero-order valence-electron chi connectivity index (χ0n) is 13.0. The summed E-state index contributed by atoms with van der Waals surface area (Å²) in [6.45, 7) is 6.15. The number of rotatable bonds is 4. The minimum atomic E-state index is -2.57. The third-order valence-electron chi connectivity index (χ3n) is 3.65. The monoisotopic (exact) mass is 298 g/mol. The Morgan fingerprint density at radius 3 is 1.95 bits per heavy atom. The molecule has 0 fully saturated rings. The predicted molar refractivity (Wildman–Crippen MR) is 92.7 cm³/mol. The van der Waals surface area contributed by atoms with Gasteiger partial charge < -0.3 is 4.57 Å². The van der Waals surface area contributed by atoms with Crippen LogP contribution < -0.4 is 5.30 Å². The van der Waals surface area contributed by atoms with Crippen LogP contribution >= 0.6 is 7.14 Å². The Morgan fingerprint density at radius 2 is 1.43 bits per heavy atom. The van der Waals surface area contributed by atoms with E-state index in [4.69, 9.17) is 0 Å². The molecule has 1 nitrogen and oxygen atoms in total. The summed E-state index contributed by atoms with van der Waals surface area (Å²) >= 11 is 0. The first-order chi connectivity index (χ1) is 9.93. The van der Waals surface area contributed by atoms with Crippen molar-refractivity contribution in [3.8, 4) is 0 Å². The Hall–Kier alpha value is -1.59. The molecule has 0 N–H and O–H groups in total. The SMILES string of the molecule is CC(C)(C)[P@](=O)(/C=C/Cc1ccccc1)c1ccccc1. The highest BCUT2D eigenvalue weighted by Crippen LogP contribution is 2.57. The minimum Gasteiger partial charge on any atom is -0.314 e. The summed E-state index contributed by atoms with van der Waals surface area (Å²) in [6, 6.07) is 20.1. The second-order valence-corrected chi connectivity index (χ2v) is 9.71. The lowest BCUT2D eigenvalue weighted by molar-refractivity contribution is 0.563. The molecule has 0 bridgehead atoms. The Balaban J connectivity index is 2.28. The van der Waals surface area contributed by atoms with Crippen molar-refractivity contribution in [2.45, 2.75) is 32.3 Å². The second-order valence-electron chi connectivity index (χ2n) is 6.24. The van der Waals surface area contributed by atoms with Gasteiger partial charge in [-0.2, -0.15) is 0 Å². The van der Waals surface area contributed by atoms with E-state index in [1.54, 1.807) is 0 Å². The number of hydrogen-bond acceptors (Lipinski definition) is 1. The number of hydrogen-bond donors (Lipinski definition) is 0. The quantitative estimate of drug-likeness (QED) is 0.706. The third kappa shape index (κ3) is 3.74. The highest BCUT2D eigenvalue weighted by Gasteiger charge is 2.35. The van der Waals surface area contributed by atoms with Crippen LogP contribution in [-0.4, -0.2) is 5.16 Å². The van der Waals surface area contributed by atoms with E-state index >= 15 is 0 Å². The van der Waals surface area contributed by atoms with Crippen LogP contribution in [0.1, 0.15) is 26.3 Å². The Bertz CT molecular complexity index is 636. The van der Waals surface area contributed by atoms with Crippen molar-refractivity contribution in [3.05, 3.63) is 78.1 Å². The van der Waals surface area contributed by atoms with Gasteiger partial charge in [0.25, 0.3) is 0 Å². The molecule has 0 aromatic heterocycles. The molecule has 0 amide bonds. The summed E-state index contributed by atoms with van der Waals surface area (Å²) in [5.41, 5.74) is 1.24. The third-order valence-corrected chi connectivity index (χ3v) is 7.34. The molecule has 0 aliphatic heterocycles. The van der Waals surface area contributed by atoms with Crippen molar-refractivity contribution in [2.75, 3.05) is 0 Å². The van der Waals surface area contributed by atoms with Gasteiger partial charge in [-0.15, -0.1) is 0 Å². The maximum Gasteiger partial charge on any atom is 0.141 e. The van der Waals surface area contributed by atoms with Crippen LogP contribution in [0.2, 0.25) is 0 Å². The lowest BCUT2D eigenvalue weighted by atomic mass is 10.2. The van der Waals surface area contributed by atoms with Crippen molar-refractivity contribution in [1.29, 1.82) is 0 Å². The maximum absolute atomic E-state index is 13.5. The van der Waals surface area contributed by atoms with Gasteiger partial charge in [-0.05, 0) is 17.8 Å². The summed E-state index contributed by atoms with van der Waals surface area (Å²) in [4.78, 5) is 0. The molecule has 0 heterocycles. The first kappa shape index (κ1) is 15.8. The van der Waals surface area contributed by atoms with Crippen LogP contribution in [0.5, 0.6) is 0 Å². The Kier molecular flexibility index (Phi) is 4.85. The number of allylic oxidation sites excluding steroid dienone is 1. The summed E-state index contributed by atoms with van der Waals surface area (Å²) in [6.07, 6.45) is 2.86. The first-order valence-corrected chi connectivity index (χ1v) is 9.08. The highest BCUT2D eigenvalue weighted by atomic mass is 31.2. The molecule has 2 aromatic carbocycles.